The Kier molecular flexibility index (Phi) is 3.27. The molecule has 1 unspecified atom stereocenters. The first-order chi connectivity index (χ1) is 10.8. The van der Waals surface area contributed by atoms with Gasteiger partial charge in [-0.15, -0.1) is 0 Å². The minimum absolute atomic E-state index is 0.199. The van der Waals surface area contributed by atoms with Crippen molar-refractivity contribution in [1.82, 2.24) is 15.0 Å². The molecule has 5 heteroatoms. The molecule has 22 heavy (non-hydrogen) atoms. The lowest BCUT2D eigenvalue weighted by atomic mass is 10.2. The molecule has 112 valence electrons. The molecule has 2 aromatic heterocycles. The Morgan fingerprint density at radius 1 is 1.09 bits per heavy atom. The number of benzene rings is 1. The molecule has 0 aliphatic heterocycles. The summed E-state index contributed by atoms with van der Waals surface area (Å²) < 4.78 is 0. The summed E-state index contributed by atoms with van der Waals surface area (Å²) in [6.07, 6.45) is 4.27. The summed E-state index contributed by atoms with van der Waals surface area (Å²) >= 11 is 0. The van der Waals surface area contributed by atoms with Crippen molar-refractivity contribution in [3.05, 3.63) is 42.6 Å². The van der Waals surface area contributed by atoms with Crippen LogP contribution in [0.5, 0.6) is 0 Å². The quantitative estimate of drug-likeness (QED) is 0.694. The normalized spacial score (nSPS) is 21.3. The van der Waals surface area contributed by atoms with Gasteiger partial charge in [-0.2, -0.15) is 0 Å². The van der Waals surface area contributed by atoms with Gasteiger partial charge in [0.15, 0.2) is 5.82 Å². The minimum atomic E-state index is -0.199. The van der Waals surface area contributed by atoms with Crippen LogP contribution in [-0.4, -0.2) is 32.2 Å². The molecule has 1 aliphatic rings. The summed E-state index contributed by atoms with van der Waals surface area (Å²) in [5.74, 6) is 1.54. The Bertz CT molecular complexity index is 784. The largest absolute Gasteiger partial charge is 0.393 e. The van der Waals surface area contributed by atoms with Gasteiger partial charge in [0.25, 0.3) is 0 Å². The van der Waals surface area contributed by atoms with Gasteiger partial charge in [0.1, 0.15) is 11.5 Å². The number of rotatable bonds is 3. The fourth-order valence-electron chi connectivity index (χ4n) is 3.05. The van der Waals surface area contributed by atoms with Crippen molar-refractivity contribution in [3.63, 3.8) is 0 Å². The van der Waals surface area contributed by atoms with E-state index >= 15 is 0 Å². The van der Waals surface area contributed by atoms with Crippen LogP contribution in [0.1, 0.15) is 19.3 Å². The van der Waals surface area contributed by atoms with E-state index < -0.39 is 0 Å². The number of aromatic nitrogens is 3. The Hall–Kier alpha value is -2.40. The Morgan fingerprint density at radius 2 is 1.95 bits per heavy atom. The van der Waals surface area contributed by atoms with Crippen molar-refractivity contribution in [2.45, 2.75) is 31.4 Å². The van der Waals surface area contributed by atoms with Gasteiger partial charge in [0, 0.05) is 17.8 Å². The molecule has 1 fully saturated rings. The van der Waals surface area contributed by atoms with Crippen LogP contribution in [0.4, 0.5) is 5.82 Å². The maximum Gasteiger partial charge on any atom is 0.163 e. The van der Waals surface area contributed by atoms with Gasteiger partial charge in [-0.3, -0.25) is 0 Å². The first-order valence-electron chi connectivity index (χ1n) is 7.65. The maximum atomic E-state index is 9.70. The Balaban J connectivity index is 1.74. The molecule has 3 aromatic rings. The second-order valence-electron chi connectivity index (χ2n) is 5.81. The second kappa shape index (κ2) is 5.42. The predicted octanol–water partition coefficient (Wildman–Crippen LogP) is 2.95. The van der Waals surface area contributed by atoms with E-state index in [0.717, 1.165) is 41.7 Å². The van der Waals surface area contributed by atoms with E-state index in [2.05, 4.69) is 15.3 Å². The Labute approximate surface area is 128 Å². The summed E-state index contributed by atoms with van der Waals surface area (Å²) in [7, 11) is 0. The number of hydrogen-bond donors (Lipinski definition) is 3. The summed E-state index contributed by atoms with van der Waals surface area (Å²) in [5.41, 5.74) is 1.82. The number of nitrogens with zero attached hydrogens (tertiary/aromatic N) is 2. The first-order valence-corrected chi connectivity index (χ1v) is 7.65. The highest BCUT2D eigenvalue weighted by molar-refractivity contribution is 5.88. The van der Waals surface area contributed by atoms with E-state index in [1.807, 2.05) is 42.6 Å². The fraction of sp³-hybridized carbons (Fsp3) is 0.294. The lowest BCUT2D eigenvalue weighted by Gasteiger charge is -2.14. The number of aliphatic hydroxyl groups is 1. The fourth-order valence-corrected chi connectivity index (χ4v) is 3.05. The number of aromatic amines is 1. The molecule has 4 rings (SSSR count). The molecule has 0 amide bonds. The third-order valence-electron chi connectivity index (χ3n) is 4.19. The number of nitrogens with one attached hydrogen (secondary N) is 2. The van der Waals surface area contributed by atoms with Crippen molar-refractivity contribution in [3.8, 4) is 11.4 Å². The van der Waals surface area contributed by atoms with E-state index in [4.69, 9.17) is 4.98 Å². The van der Waals surface area contributed by atoms with E-state index in [9.17, 15) is 5.11 Å². The predicted molar refractivity (Wildman–Crippen MR) is 86.6 cm³/mol. The minimum Gasteiger partial charge on any atom is -0.393 e. The summed E-state index contributed by atoms with van der Waals surface area (Å²) in [6.45, 7) is 0. The average Bonchev–Trinajstić information content (AvgIpc) is 3.17. The van der Waals surface area contributed by atoms with Crippen LogP contribution in [0.15, 0.2) is 42.6 Å². The molecule has 1 aliphatic carbocycles. The molecule has 0 radical (unpaired) electrons. The molecule has 2 heterocycles. The number of H-pyrrole nitrogens is 1. The van der Waals surface area contributed by atoms with Crippen molar-refractivity contribution in [2.24, 2.45) is 0 Å². The van der Waals surface area contributed by atoms with E-state index in [0.29, 0.717) is 5.82 Å². The molecule has 1 saturated carbocycles. The molecule has 0 spiro atoms. The highest BCUT2D eigenvalue weighted by Gasteiger charge is 2.24. The SMILES string of the molecule is O[C@H]1CCC(Nc2nc(-c3ccccc3)nc3[nH]ccc23)C1. The zero-order valence-corrected chi connectivity index (χ0v) is 12.2. The summed E-state index contributed by atoms with van der Waals surface area (Å²) in [5, 5.41) is 14.2. The zero-order chi connectivity index (χ0) is 14.9. The standard InChI is InChI=1S/C17H18N4O/c22-13-7-6-12(10-13)19-17-14-8-9-18-16(14)20-15(21-17)11-4-2-1-3-5-11/h1-5,8-9,12-13,22H,6-7,10H2,(H2,18,19,20,21)/t12?,13-/m0/s1. The molecule has 3 N–H and O–H groups in total. The van der Waals surface area contributed by atoms with Gasteiger partial charge >= 0.3 is 0 Å². The Morgan fingerprint density at radius 3 is 2.73 bits per heavy atom. The highest BCUT2D eigenvalue weighted by atomic mass is 16.3. The van der Waals surface area contributed by atoms with Crippen molar-refractivity contribution < 1.29 is 5.11 Å². The number of fused-ring (bicyclic) bond motifs is 1. The lowest BCUT2D eigenvalue weighted by Crippen LogP contribution is -2.18. The van der Waals surface area contributed by atoms with Crippen LogP contribution in [0.3, 0.4) is 0 Å². The molecular formula is C17H18N4O. The highest BCUT2D eigenvalue weighted by Crippen LogP contribution is 2.28. The molecule has 1 aromatic carbocycles. The third kappa shape index (κ3) is 2.44. The molecule has 2 atom stereocenters. The van der Waals surface area contributed by atoms with Crippen LogP contribution in [0.25, 0.3) is 22.4 Å². The van der Waals surface area contributed by atoms with Gasteiger partial charge in [-0.05, 0) is 25.3 Å². The average molecular weight is 294 g/mol. The number of hydrogen-bond acceptors (Lipinski definition) is 4. The number of anilines is 1. The van der Waals surface area contributed by atoms with Gasteiger partial charge in [-0.25, -0.2) is 9.97 Å². The van der Waals surface area contributed by atoms with Crippen LogP contribution in [0, 0.1) is 0 Å². The van der Waals surface area contributed by atoms with Crippen molar-refractivity contribution >= 4 is 16.9 Å². The maximum absolute atomic E-state index is 9.70. The zero-order valence-electron chi connectivity index (χ0n) is 12.2. The summed E-state index contributed by atoms with van der Waals surface area (Å²) in [6, 6.07) is 12.2. The van der Waals surface area contributed by atoms with Crippen LogP contribution >= 0.6 is 0 Å². The third-order valence-corrected chi connectivity index (χ3v) is 4.19. The van der Waals surface area contributed by atoms with Crippen molar-refractivity contribution in [2.75, 3.05) is 5.32 Å². The second-order valence-corrected chi connectivity index (χ2v) is 5.81. The van der Waals surface area contributed by atoms with Crippen molar-refractivity contribution in [1.29, 1.82) is 0 Å². The first kappa shape index (κ1) is 13.3. The smallest absolute Gasteiger partial charge is 0.163 e. The van der Waals surface area contributed by atoms with Gasteiger partial charge in [0.05, 0.1) is 11.5 Å². The van der Waals surface area contributed by atoms with Crippen LogP contribution in [0.2, 0.25) is 0 Å². The molecule has 0 saturated heterocycles. The van der Waals surface area contributed by atoms with E-state index in [1.165, 1.54) is 0 Å². The lowest BCUT2D eigenvalue weighted by molar-refractivity contribution is 0.182. The topological polar surface area (TPSA) is 73.8 Å². The number of aliphatic hydroxyl groups excluding tert-OH is 1. The summed E-state index contributed by atoms with van der Waals surface area (Å²) in [4.78, 5) is 12.5. The van der Waals surface area contributed by atoms with Gasteiger partial charge in [0.2, 0.25) is 0 Å². The van der Waals surface area contributed by atoms with Crippen LogP contribution < -0.4 is 5.32 Å². The monoisotopic (exact) mass is 294 g/mol. The van der Waals surface area contributed by atoms with Crippen LogP contribution in [-0.2, 0) is 0 Å². The molecular weight excluding hydrogens is 276 g/mol. The van der Waals surface area contributed by atoms with E-state index in [1.54, 1.807) is 0 Å². The molecule has 5 nitrogen and oxygen atoms in total. The van der Waals surface area contributed by atoms with Gasteiger partial charge in [-0.1, -0.05) is 30.3 Å². The molecule has 0 bridgehead atoms. The van der Waals surface area contributed by atoms with E-state index in [-0.39, 0.29) is 12.1 Å². The van der Waals surface area contributed by atoms with Gasteiger partial charge < -0.3 is 15.4 Å².